The fraction of sp³-hybridized carbons (Fsp3) is 0.538. The number of hydrogen-bond donors (Lipinski definition) is 0. The van der Waals surface area contributed by atoms with E-state index in [0.717, 1.165) is 50.5 Å². The Balaban J connectivity index is 1.80. The van der Waals surface area contributed by atoms with Crippen LogP contribution in [0.2, 0.25) is 0 Å². The van der Waals surface area contributed by atoms with Gasteiger partial charge in [0.25, 0.3) is 0 Å². The molecule has 0 spiro atoms. The average Bonchev–Trinajstić information content (AvgIpc) is 2.79. The molecule has 0 unspecified atom stereocenters. The number of rotatable bonds is 3. The highest BCUT2D eigenvalue weighted by Crippen LogP contribution is 2.19. The summed E-state index contributed by atoms with van der Waals surface area (Å²) in [5, 5.41) is 4.26. The van der Waals surface area contributed by atoms with Crippen molar-refractivity contribution in [1.82, 2.24) is 19.5 Å². The van der Waals surface area contributed by atoms with Crippen LogP contribution in [0.25, 0.3) is 5.52 Å². The number of alkyl halides is 1. The second-order valence-corrected chi connectivity index (χ2v) is 5.16. The second kappa shape index (κ2) is 5.75. The first kappa shape index (κ1) is 12.7. The highest BCUT2D eigenvalue weighted by molar-refractivity contribution is 6.18. The molecule has 1 aliphatic rings. The molecule has 2 aromatic heterocycles. The minimum atomic E-state index is 0.705. The van der Waals surface area contributed by atoms with Crippen molar-refractivity contribution in [2.45, 2.75) is 6.42 Å². The molecule has 0 aromatic carbocycles. The molecule has 0 radical (unpaired) electrons. The minimum Gasteiger partial charge on any atom is -0.353 e. The van der Waals surface area contributed by atoms with Gasteiger partial charge in [-0.2, -0.15) is 5.10 Å². The number of hydrogen-bond acceptors (Lipinski definition) is 4. The first-order valence-corrected chi connectivity index (χ1v) is 7.23. The Labute approximate surface area is 117 Å². The van der Waals surface area contributed by atoms with Crippen molar-refractivity contribution in [1.29, 1.82) is 0 Å². The summed E-state index contributed by atoms with van der Waals surface area (Å²) in [6.07, 6.45) is 6.67. The largest absolute Gasteiger partial charge is 0.353 e. The lowest BCUT2D eigenvalue weighted by Crippen LogP contribution is -2.32. The van der Waals surface area contributed by atoms with E-state index < -0.39 is 0 Å². The van der Waals surface area contributed by atoms with Crippen molar-refractivity contribution in [3.05, 3.63) is 24.7 Å². The summed E-state index contributed by atoms with van der Waals surface area (Å²) in [6, 6.07) is 2.02. The van der Waals surface area contributed by atoms with E-state index in [1.807, 2.05) is 29.2 Å². The van der Waals surface area contributed by atoms with E-state index in [1.165, 1.54) is 0 Å². The van der Waals surface area contributed by atoms with Crippen LogP contribution in [0.15, 0.2) is 24.7 Å². The normalized spacial score (nSPS) is 17.8. The molecule has 2 aromatic rings. The maximum atomic E-state index is 5.83. The van der Waals surface area contributed by atoms with Crippen LogP contribution in [0.5, 0.6) is 0 Å². The van der Waals surface area contributed by atoms with Crippen molar-refractivity contribution in [2.24, 2.45) is 0 Å². The van der Waals surface area contributed by atoms with Crippen molar-refractivity contribution in [3.63, 3.8) is 0 Å². The van der Waals surface area contributed by atoms with E-state index >= 15 is 0 Å². The van der Waals surface area contributed by atoms with E-state index in [-0.39, 0.29) is 0 Å². The van der Waals surface area contributed by atoms with Gasteiger partial charge in [0, 0.05) is 44.5 Å². The Morgan fingerprint density at radius 3 is 3.00 bits per heavy atom. The number of halogens is 1. The van der Waals surface area contributed by atoms with Crippen LogP contribution in [0.1, 0.15) is 6.42 Å². The Hall–Kier alpha value is -1.33. The van der Waals surface area contributed by atoms with Crippen LogP contribution in [0.3, 0.4) is 0 Å². The van der Waals surface area contributed by atoms with E-state index in [9.17, 15) is 0 Å². The summed E-state index contributed by atoms with van der Waals surface area (Å²) in [5.41, 5.74) is 1.08. The molecule has 0 bridgehead atoms. The Bertz CT molecular complexity index is 541. The van der Waals surface area contributed by atoms with Gasteiger partial charge in [0.2, 0.25) is 0 Å². The number of aromatic nitrogens is 3. The topological polar surface area (TPSA) is 36.7 Å². The summed E-state index contributed by atoms with van der Waals surface area (Å²) in [7, 11) is 0. The fourth-order valence-electron chi connectivity index (χ4n) is 2.61. The molecule has 102 valence electrons. The minimum absolute atomic E-state index is 0.705. The van der Waals surface area contributed by atoms with Gasteiger partial charge in [-0.05, 0) is 19.0 Å². The van der Waals surface area contributed by atoms with Gasteiger partial charge in [-0.1, -0.05) is 0 Å². The first-order chi connectivity index (χ1) is 9.38. The van der Waals surface area contributed by atoms with Gasteiger partial charge in [0.1, 0.15) is 5.52 Å². The van der Waals surface area contributed by atoms with Crippen LogP contribution < -0.4 is 4.90 Å². The molecule has 1 aliphatic heterocycles. The lowest BCUT2D eigenvalue weighted by atomic mass is 10.3. The molecule has 19 heavy (non-hydrogen) atoms. The Morgan fingerprint density at radius 2 is 2.11 bits per heavy atom. The van der Waals surface area contributed by atoms with Gasteiger partial charge in [-0.25, -0.2) is 9.50 Å². The quantitative estimate of drug-likeness (QED) is 0.798. The Kier molecular flexibility index (Phi) is 3.84. The molecular weight excluding hydrogens is 262 g/mol. The number of nitrogens with zero attached hydrogens (tertiary/aromatic N) is 5. The molecule has 0 atom stereocenters. The SMILES string of the molecule is ClCCN1CCCN(c2nccn3nccc23)CC1. The zero-order valence-corrected chi connectivity index (χ0v) is 11.6. The molecule has 6 heteroatoms. The molecule has 3 heterocycles. The number of anilines is 1. The monoisotopic (exact) mass is 279 g/mol. The summed E-state index contributed by atoms with van der Waals surface area (Å²) in [4.78, 5) is 9.31. The predicted molar refractivity (Wildman–Crippen MR) is 77.0 cm³/mol. The summed E-state index contributed by atoms with van der Waals surface area (Å²) in [5.74, 6) is 1.74. The Morgan fingerprint density at radius 1 is 1.16 bits per heavy atom. The molecule has 1 fully saturated rings. The maximum Gasteiger partial charge on any atom is 0.154 e. The average molecular weight is 280 g/mol. The molecular formula is C13H18ClN5. The summed E-state index contributed by atoms with van der Waals surface area (Å²) < 4.78 is 1.88. The zero-order valence-electron chi connectivity index (χ0n) is 10.9. The van der Waals surface area contributed by atoms with Gasteiger partial charge in [0.05, 0.1) is 6.20 Å². The number of fused-ring (bicyclic) bond motifs is 1. The third-order valence-electron chi connectivity index (χ3n) is 3.59. The smallest absolute Gasteiger partial charge is 0.154 e. The molecule has 0 saturated carbocycles. The van der Waals surface area contributed by atoms with Crippen LogP contribution in [0, 0.1) is 0 Å². The fourth-order valence-corrected chi connectivity index (χ4v) is 2.85. The standard InChI is InChI=1S/C13H18ClN5/c14-3-8-17-6-1-7-18(11-10-17)13-12-2-4-16-19(12)9-5-15-13/h2,4-5,9H,1,3,6-8,10-11H2. The van der Waals surface area contributed by atoms with E-state index in [2.05, 4.69) is 19.9 Å². The maximum absolute atomic E-state index is 5.83. The van der Waals surface area contributed by atoms with Crippen molar-refractivity contribution in [2.75, 3.05) is 43.5 Å². The second-order valence-electron chi connectivity index (χ2n) is 4.78. The van der Waals surface area contributed by atoms with Gasteiger partial charge in [-0.15, -0.1) is 11.6 Å². The lowest BCUT2D eigenvalue weighted by molar-refractivity contribution is 0.311. The summed E-state index contributed by atoms with van der Waals surface area (Å²) >= 11 is 5.83. The van der Waals surface area contributed by atoms with Gasteiger partial charge < -0.3 is 9.80 Å². The van der Waals surface area contributed by atoms with Crippen LogP contribution in [-0.4, -0.2) is 58.1 Å². The van der Waals surface area contributed by atoms with Crippen molar-refractivity contribution < 1.29 is 0 Å². The van der Waals surface area contributed by atoms with Crippen LogP contribution >= 0.6 is 11.6 Å². The van der Waals surface area contributed by atoms with Crippen LogP contribution in [0.4, 0.5) is 5.82 Å². The highest BCUT2D eigenvalue weighted by Gasteiger charge is 2.17. The first-order valence-electron chi connectivity index (χ1n) is 6.70. The molecule has 0 aliphatic carbocycles. The third kappa shape index (κ3) is 2.67. The highest BCUT2D eigenvalue weighted by atomic mass is 35.5. The third-order valence-corrected chi connectivity index (χ3v) is 3.76. The molecule has 5 nitrogen and oxygen atoms in total. The molecule has 0 N–H and O–H groups in total. The van der Waals surface area contributed by atoms with Gasteiger partial charge >= 0.3 is 0 Å². The molecule has 0 amide bonds. The van der Waals surface area contributed by atoms with Crippen molar-refractivity contribution in [3.8, 4) is 0 Å². The summed E-state index contributed by atoms with van der Waals surface area (Å²) in [6.45, 7) is 5.17. The van der Waals surface area contributed by atoms with Gasteiger partial charge in [-0.3, -0.25) is 0 Å². The van der Waals surface area contributed by atoms with E-state index in [0.29, 0.717) is 5.88 Å². The molecule has 1 saturated heterocycles. The van der Waals surface area contributed by atoms with Gasteiger partial charge in [0.15, 0.2) is 5.82 Å². The van der Waals surface area contributed by atoms with E-state index in [4.69, 9.17) is 11.6 Å². The van der Waals surface area contributed by atoms with Crippen LogP contribution in [-0.2, 0) is 0 Å². The van der Waals surface area contributed by atoms with E-state index in [1.54, 1.807) is 0 Å². The molecule has 3 rings (SSSR count). The lowest BCUT2D eigenvalue weighted by Gasteiger charge is -2.22. The van der Waals surface area contributed by atoms with Crippen molar-refractivity contribution >= 4 is 22.9 Å². The zero-order chi connectivity index (χ0) is 13.1. The predicted octanol–water partition coefficient (Wildman–Crippen LogP) is 1.48.